The van der Waals surface area contributed by atoms with Gasteiger partial charge in [0, 0.05) is 29.3 Å². The van der Waals surface area contributed by atoms with Gasteiger partial charge < -0.3 is 5.32 Å². The van der Waals surface area contributed by atoms with Crippen molar-refractivity contribution in [2.24, 2.45) is 0 Å². The Morgan fingerprint density at radius 2 is 1.57 bits per heavy atom. The van der Waals surface area contributed by atoms with Gasteiger partial charge in [-0.15, -0.1) is 0 Å². The van der Waals surface area contributed by atoms with Crippen LogP contribution in [0.1, 0.15) is 36.7 Å². The quantitative estimate of drug-likeness (QED) is 0.357. The van der Waals surface area contributed by atoms with E-state index in [2.05, 4.69) is 31.1 Å². The number of amides is 1. The fourth-order valence-electron chi connectivity index (χ4n) is 3.83. The van der Waals surface area contributed by atoms with E-state index >= 15 is 0 Å². The third-order valence-corrected chi connectivity index (χ3v) is 6.89. The Balaban J connectivity index is 1.76. The van der Waals surface area contributed by atoms with E-state index in [1.807, 2.05) is 66.7 Å². The van der Waals surface area contributed by atoms with Gasteiger partial charge in [-0.25, -0.2) is 8.42 Å². The SMILES string of the molecule is CC(C)(C)c1cccc(-c2cc(S(C)(=O)=O)ccc2C(=O)Nc2cccc(-c3ccccn3)c2)c1. The number of pyridine rings is 1. The van der Waals surface area contributed by atoms with Crippen LogP contribution in [0.5, 0.6) is 0 Å². The van der Waals surface area contributed by atoms with Crippen LogP contribution in [0.2, 0.25) is 0 Å². The number of nitrogens with zero attached hydrogens (tertiary/aromatic N) is 1. The molecule has 0 radical (unpaired) electrons. The van der Waals surface area contributed by atoms with Gasteiger partial charge in [0.1, 0.15) is 0 Å². The summed E-state index contributed by atoms with van der Waals surface area (Å²) in [5.41, 5.74) is 5.06. The molecule has 6 heteroatoms. The smallest absolute Gasteiger partial charge is 0.256 e. The van der Waals surface area contributed by atoms with Crippen LogP contribution in [0.4, 0.5) is 5.69 Å². The molecule has 0 bridgehead atoms. The highest BCUT2D eigenvalue weighted by molar-refractivity contribution is 7.90. The molecule has 0 fully saturated rings. The average molecular weight is 485 g/mol. The fraction of sp³-hybridized carbons (Fsp3) is 0.172. The zero-order chi connectivity index (χ0) is 25.2. The van der Waals surface area contributed by atoms with Crippen LogP contribution in [0, 0.1) is 0 Å². The molecule has 0 spiro atoms. The van der Waals surface area contributed by atoms with E-state index in [1.54, 1.807) is 18.3 Å². The second kappa shape index (κ2) is 9.47. The minimum absolute atomic E-state index is 0.0984. The number of benzene rings is 3. The number of carbonyl (C=O) groups is 1. The van der Waals surface area contributed by atoms with Crippen molar-refractivity contribution in [3.8, 4) is 22.4 Å². The van der Waals surface area contributed by atoms with Crippen molar-refractivity contribution < 1.29 is 13.2 Å². The topological polar surface area (TPSA) is 76.1 Å². The Hall–Kier alpha value is -3.77. The molecule has 4 aromatic rings. The molecule has 0 aliphatic carbocycles. The molecule has 0 atom stereocenters. The van der Waals surface area contributed by atoms with Crippen LogP contribution in [0.15, 0.2) is 96.0 Å². The number of rotatable bonds is 5. The summed E-state index contributed by atoms with van der Waals surface area (Å²) >= 11 is 0. The van der Waals surface area contributed by atoms with Crippen LogP contribution < -0.4 is 5.32 Å². The molecule has 5 nitrogen and oxygen atoms in total. The number of hydrogen-bond donors (Lipinski definition) is 1. The van der Waals surface area contributed by atoms with Crippen molar-refractivity contribution in [3.05, 3.63) is 102 Å². The maximum atomic E-state index is 13.4. The molecule has 1 N–H and O–H groups in total. The summed E-state index contributed by atoms with van der Waals surface area (Å²) in [7, 11) is -3.45. The first-order valence-electron chi connectivity index (χ1n) is 11.3. The van der Waals surface area contributed by atoms with E-state index in [0.717, 1.165) is 22.4 Å². The van der Waals surface area contributed by atoms with E-state index in [0.29, 0.717) is 16.8 Å². The molecule has 4 rings (SSSR count). The van der Waals surface area contributed by atoms with Gasteiger partial charge >= 0.3 is 0 Å². The molecule has 0 saturated heterocycles. The van der Waals surface area contributed by atoms with Crippen molar-refractivity contribution in [3.63, 3.8) is 0 Å². The lowest BCUT2D eigenvalue weighted by Gasteiger charge is -2.20. The van der Waals surface area contributed by atoms with E-state index in [1.165, 1.54) is 12.3 Å². The van der Waals surface area contributed by atoms with Gasteiger partial charge in [-0.05, 0) is 64.6 Å². The number of anilines is 1. The Kier molecular flexibility index (Phi) is 6.59. The first kappa shape index (κ1) is 24.4. The average Bonchev–Trinajstić information content (AvgIpc) is 2.83. The molecule has 178 valence electrons. The molecule has 0 unspecified atom stereocenters. The van der Waals surface area contributed by atoms with Crippen LogP contribution in [0.25, 0.3) is 22.4 Å². The minimum Gasteiger partial charge on any atom is -0.322 e. The van der Waals surface area contributed by atoms with Crippen molar-refractivity contribution in [1.82, 2.24) is 4.98 Å². The molecule has 0 aliphatic rings. The molecular formula is C29H28N2O3S. The Morgan fingerprint density at radius 1 is 0.829 bits per heavy atom. The second-order valence-electron chi connectivity index (χ2n) is 9.56. The Bertz CT molecular complexity index is 1490. The van der Waals surface area contributed by atoms with Gasteiger partial charge in [-0.1, -0.05) is 63.2 Å². The first-order valence-corrected chi connectivity index (χ1v) is 13.2. The van der Waals surface area contributed by atoms with Crippen molar-refractivity contribution in [2.75, 3.05) is 11.6 Å². The normalized spacial score (nSPS) is 11.8. The van der Waals surface area contributed by atoms with Gasteiger partial charge in [0.25, 0.3) is 5.91 Å². The van der Waals surface area contributed by atoms with Gasteiger partial charge in [-0.3, -0.25) is 9.78 Å². The van der Waals surface area contributed by atoms with Crippen molar-refractivity contribution >= 4 is 21.4 Å². The Morgan fingerprint density at radius 3 is 2.26 bits per heavy atom. The summed E-state index contributed by atoms with van der Waals surface area (Å²) in [5, 5.41) is 2.97. The summed E-state index contributed by atoms with van der Waals surface area (Å²) < 4.78 is 24.6. The molecule has 1 heterocycles. The van der Waals surface area contributed by atoms with Gasteiger partial charge in [-0.2, -0.15) is 0 Å². The van der Waals surface area contributed by atoms with Crippen LogP contribution in [-0.2, 0) is 15.3 Å². The summed E-state index contributed by atoms with van der Waals surface area (Å²) in [4.78, 5) is 18.0. The number of aromatic nitrogens is 1. The first-order chi connectivity index (χ1) is 16.5. The van der Waals surface area contributed by atoms with Crippen molar-refractivity contribution in [2.45, 2.75) is 31.1 Å². The van der Waals surface area contributed by atoms with Crippen LogP contribution >= 0.6 is 0 Å². The molecule has 35 heavy (non-hydrogen) atoms. The molecule has 0 aliphatic heterocycles. The highest BCUT2D eigenvalue weighted by atomic mass is 32.2. The molecule has 1 amide bonds. The zero-order valence-electron chi connectivity index (χ0n) is 20.2. The van der Waals surface area contributed by atoms with E-state index < -0.39 is 9.84 Å². The van der Waals surface area contributed by atoms with Crippen molar-refractivity contribution in [1.29, 1.82) is 0 Å². The molecular weight excluding hydrogens is 456 g/mol. The standard InChI is InChI=1S/C29H28N2O3S/c1-29(2,3)22-11-7-9-20(17-22)26-19-24(35(4,33)34)14-15-25(26)28(32)31-23-12-8-10-21(18-23)27-13-5-6-16-30-27/h5-19H,1-4H3,(H,31,32). The third-order valence-electron chi connectivity index (χ3n) is 5.78. The van der Waals surface area contributed by atoms with E-state index in [9.17, 15) is 13.2 Å². The van der Waals surface area contributed by atoms with E-state index in [4.69, 9.17) is 0 Å². The molecule has 1 aromatic heterocycles. The lowest BCUT2D eigenvalue weighted by molar-refractivity contribution is 0.102. The zero-order valence-corrected chi connectivity index (χ0v) is 21.1. The number of sulfone groups is 1. The summed E-state index contributed by atoms with van der Waals surface area (Å²) in [6.07, 6.45) is 2.89. The monoisotopic (exact) mass is 484 g/mol. The molecule has 3 aromatic carbocycles. The second-order valence-corrected chi connectivity index (χ2v) is 11.6. The summed E-state index contributed by atoms with van der Waals surface area (Å²) in [5.74, 6) is -0.320. The number of carbonyl (C=O) groups excluding carboxylic acids is 1. The largest absolute Gasteiger partial charge is 0.322 e. The molecule has 0 saturated carbocycles. The lowest BCUT2D eigenvalue weighted by atomic mass is 9.85. The predicted octanol–water partition coefficient (Wildman–Crippen LogP) is 6.37. The summed E-state index contributed by atoms with van der Waals surface area (Å²) in [6.45, 7) is 6.34. The maximum Gasteiger partial charge on any atom is 0.256 e. The highest BCUT2D eigenvalue weighted by Crippen LogP contribution is 2.32. The van der Waals surface area contributed by atoms with Crippen LogP contribution in [-0.4, -0.2) is 25.6 Å². The maximum absolute atomic E-state index is 13.4. The lowest BCUT2D eigenvalue weighted by Crippen LogP contribution is -2.14. The fourth-order valence-corrected chi connectivity index (χ4v) is 4.48. The number of nitrogens with one attached hydrogen (secondary N) is 1. The predicted molar refractivity (Wildman–Crippen MR) is 141 cm³/mol. The third kappa shape index (κ3) is 5.66. The summed E-state index contributed by atoms with van der Waals surface area (Å²) in [6, 6.07) is 25.7. The number of hydrogen-bond acceptors (Lipinski definition) is 4. The van der Waals surface area contributed by atoms with E-state index in [-0.39, 0.29) is 16.2 Å². The van der Waals surface area contributed by atoms with Gasteiger partial charge in [0.15, 0.2) is 9.84 Å². The Labute approximate surface area is 206 Å². The minimum atomic E-state index is -3.45. The van der Waals surface area contributed by atoms with Gasteiger partial charge in [0.05, 0.1) is 10.6 Å². The van der Waals surface area contributed by atoms with Gasteiger partial charge in [0.2, 0.25) is 0 Å². The highest BCUT2D eigenvalue weighted by Gasteiger charge is 2.20. The van der Waals surface area contributed by atoms with Crippen LogP contribution in [0.3, 0.4) is 0 Å².